The summed E-state index contributed by atoms with van der Waals surface area (Å²) in [7, 11) is 0. The summed E-state index contributed by atoms with van der Waals surface area (Å²) in [5.74, 6) is 2.01. The molecule has 0 radical (unpaired) electrons. The van der Waals surface area contributed by atoms with Gasteiger partial charge in [-0.3, -0.25) is 0 Å². The molecule has 2 nitrogen and oxygen atoms in total. The third-order valence-electron chi connectivity index (χ3n) is 2.79. The second-order valence-electron chi connectivity index (χ2n) is 5.05. The van der Waals surface area contributed by atoms with Crippen LogP contribution in [0.3, 0.4) is 0 Å². The molecule has 0 aromatic heterocycles. The van der Waals surface area contributed by atoms with E-state index >= 15 is 0 Å². The van der Waals surface area contributed by atoms with Gasteiger partial charge in [0, 0.05) is 0 Å². The highest BCUT2D eigenvalue weighted by Gasteiger charge is 2.15. The maximum Gasteiger partial charge on any atom is 0.161 e. The van der Waals surface area contributed by atoms with Gasteiger partial charge >= 0.3 is 0 Å². The zero-order valence-electron chi connectivity index (χ0n) is 12.4. The van der Waals surface area contributed by atoms with Gasteiger partial charge < -0.3 is 9.47 Å². The molecule has 1 aromatic carbocycles. The quantitative estimate of drug-likeness (QED) is 0.611. The van der Waals surface area contributed by atoms with E-state index in [1.807, 2.05) is 18.2 Å². The van der Waals surface area contributed by atoms with Crippen molar-refractivity contribution in [1.82, 2.24) is 0 Å². The van der Waals surface area contributed by atoms with Crippen molar-refractivity contribution in [2.24, 2.45) is 5.92 Å². The SMILES string of the molecule is CCCOc1ccc(C(Cl)C(C)C)cc1OCCC. The van der Waals surface area contributed by atoms with Crippen molar-refractivity contribution >= 4 is 11.6 Å². The van der Waals surface area contributed by atoms with E-state index in [2.05, 4.69) is 27.7 Å². The molecule has 0 heterocycles. The van der Waals surface area contributed by atoms with Crippen LogP contribution in [0.2, 0.25) is 0 Å². The van der Waals surface area contributed by atoms with E-state index < -0.39 is 0 Å². The molecular formula is C16H25ClO2. The third-order valence-corrected chi connectivity index (χ3v) is 3.55. The van der Waals surface area contributed by atoms with Gasteiger partial charge in [-0.15, -0.1) is 11.6 Å². The Balaban J connectivity index is 2.93. The van der Waals surface area contributed by atoms with Crippen LogP contribution in [-0.2, 0) is 0 Å². The summed E-state index contributed by atoms with van der Waals surface area (Å²) in [5.41, 5.74) is 1.09. The molecule has 1 rings (SSSR count). The van der Waals surface area contributed by atoms with Crippen molar-refractivity contribution < 1.29 is 9.47 Å². The molecule has 0 N–H and O–H groups in total. The van der Waals surface area contributed by atoms with E-state index in [1.54, 1.807) is 0 Å². The summed E-state index contributed by atoms with van der Waals surface area (Å²) in [5, 5.41) is 0.00389. The van der Waals surface area contributed by atoms with E-state index in [4.69, 9.17) is 21.1 Å². The lowest BCUT2D eigenvalue weighted by atomic mass is 10.0. The predicted octanol–water partition coefficient (Wildman–Crippen LogP) is 5.20. The van der Waals surface area contributed by atoms with Gasteiger partial charge in [0.1, 0.15) is 0 Å². The molecule has 0 saturated heterocycles. The number of rotatable bonds is 8. The molecule has 0 bridgehead atoms. The van der Waals surface area contributed by atoms with Crippen molar-refractivity contribution in [3.05, 3.63) is 23.8 Å². The van der Waals surface area contributed by atoms with Crippen LogP contribution in [0.5, 0.6) is 11.5 Å². The second-order valence-corrected chi connectivity index (χ2v) is 5.52. The van der Waals surface area contributed by atoms with E-state index in [-0.39, 0.29) is 5.38 Å². The maximum atomic E-state index is 6.41. The lowest BCUT2D eigenvalue weighted by Crippen LogP contribution is -2.04. The number of hydrogen-bond donors (Lipinski definition) is 0. The first-order valence-corrected chi connectivity index (χ1v) is 7.57. The fraction of sp³-hybridized carbons (Fsp3) is 0.625. The minimum absolute atomic E-state index is 0.00389. The Morgan fingerprint density at radius 2 is 1.58 bits per heavy atom. The van der Waals surface area contributed by atoms with Crippen LogP contribution < -0.4 is 9.47 Å². The minimum atomic E-state index is 0.00389. The number of halogens is 1. The molecule has 19 heavy (non-hydrogen) atoms. The van der Waals surface area contributed by atoms with Gasteiger partial charge in [0.2, 0.25) is 0 Å². The fourth-order valence-corrected chi connectivity index (χ4v) is 1.87. The Labute approximate surface area is 122 Å². The minimum Gasteiger partial charge on any atom is -0.490 e. The van der Waals surface area contributed by atoms with E-state index in [9.17, 15) is 0 Å². The van der Waals surface area contributed by atoms with Crippen LogP contribution in [0.15, 0.2) is 18.2 Å². The van der Waals surface area contributed by atoms with E-state index in [1.165, 1.54) is 0 Å². The molecular weight excluding hydrogens is 260 g/mol. The average molecular weight is 285 g/mol. The summed E-state index contributed by atoms with van der Waals surface area (Å²) in [6.07, 6.45) is 1.96. The molecule has 1 atom stereocenters. The highest BCUT2D eigenvalue weighted by molar-refractivity contribution is 6.21. The highest BCUT2D eigenvalue weighted by atomic mass is 35.5. The van der Waals surface area contributed by atoms with Crippen molar-refractivity contribution in [3.8, 4) is 11.5 Å². The van der Waals surface area contributed by atoms with Crippen molar-refractivity contribution in [2.45, 2.75) is 45.9 Å². The molecule has 0 aliphatic carbocycles. The van der Waals surface area contributed by atoms with Crippen LogP contribution in [0.4, 0.5) is 0 Å². The number of alkyl halides is 1. The largest absolute Gasteiger partial charge is 0.490 e. The molecule has 108 valence electrons. The summed E-state index contributed by atoms with van der Waals surface area (Å²) in [6.45, 7) is 9.82. The van der Waals surface area contributed by atoms with Crippen molar-refractivity contribution in [3.63, 3.8) is 0 Å². The zero-order valence-corrected chi connectivity index (χ0v) is 13.2. The maximum absolute atomic E-state index is 6.41. The zero-order chi connectivity index (χ0) is 14.3. The van der Waals surface area contributed by atoms with Crippen LogP contribution in [0, 0.1) is 5.92 Å². The van der Waals surface area contributed by atoms with Crippen molar-refractivity contribution in [2.75, 3.05) is 13.2 Å². The Morgan fingerprint density at radius 1 is 1.00 bits per heavy atom. The number of hydrogen-bond acceptors (Lipinski definition) is 2. The Morgan fingerprint density at radius 3 is 2.11 bits per heavy atom. The Bertz CT molecular complexity index is 377. The van der Waals surface area contributed by atoms with Gasteiger partial charge in [0.25, 0.3) is 0 Å². The standard InChI is InChI=1S/C16H25ClO2/c1-5-9-18-14-8-7-13(16(17)12(3)4)11-15(14)19-10-6-2/h7-8,11-12,16H,5-6,9-10H2,1-4H3. The molecule has 0 spiro atoms. The molecule has 0 saturated carbocycles. The second kappa shape index (κ2) is 8.31. The van der Waals surface area contributed by atoms with Crippen LogP contribution in [0.25, 0.3) is 0 Å². The summed E-state index contributed by atoms with van der Waals surface area (Å²) in [4.78, 5) is 0. The molecule has 0 fully saturated rings. The lowest BCUT2D eigenvalue weighted by Gasteiger charge is -2.17. The molecule has 0 aliphatic rings. The summed E-state index contributed by atoms with van der Waals surface area (Å²) >= 11 is 6.41. The van der Waals surface area contributed by atoms with Crippen LogP contribution in [0.1, 0.15) is 51.5 Å². The van der Waals surface area contributed by atoms with Crippen LogP contribution in [-0.4, -0.2) is 13.2 Å². The van der Waals surface area contributed by atoms with Crippen LogP contribution >= 0.6 is 11.6 Å². The monoisotopic (exact) mass is 284 g/mol. The Kier molecular flexibility index (Phi) is 7.07. The molecule has 1 unspecified atom stereocenters. The first-order chi connectivity index (χ1) is 9.10. The van der Waals surface area contributed by atoms with Gasteiger partial charge in [0.15, 0.2) is 11.5 Å². The smallest absolute Gasteiger partial charge is 0.161 e. The van der Waals surface area contributed by atoms with E-state index in [0.29, 0.717) is 19.1 Å². The molecule has 1 aromatic rings. The Hall–Kier alpha value is -0.890. The normalized spacial score (nSPS) is 12.5. The molecule has 0 aliphatic heterocycles. The van der Waals surface area contributed by atoms with Gasteiger partial charge in [-0.25, -0.2) is 0 Å². The first-order valence-electron chi connectivity index (χ1n) is 7.13. The molecule has 3 heteroatoms. The van der Waals surface area contributed by atoms with Gasteiger partial charge in [-0.2, -0.15) is 0 Å². The number of benzene rings is 1. The fourth-order valence-electron chi connectivity index (χ4n) is 1.74. The third kappa shape index (κ3) is 4.94. The summed E-state index contributed by atoms with van der Waals surface area (Å²) < 4.78 is 11.5. The average Bonchev–Trinajstić information content (AvgIpc) is 2.42. The highest BCUT2D eigenvalue weighted by Crippen LogP contribution is 2.35. The first kappa shape index (κ1) is 16.2. The van der Waals surface area contributed by atoms with Gasteiger partial charge in [-0.05, 0) is 36.5 Å². The topological polar surface area (TPSA) is 18.5 Å². The predicted molar refractivity (Wildman–Crippen MR) is 81.4 cm³/mol. The van der Waals surface area contributed by atoms with Crippen molar-refractivity contribution in [1.29, 1.82) is 0 Å². The summed E-state index contributed by atoms with van der Waals surface area (Å²) in [6, 6.07) is 6.01. The number of ether oxygens (including phenoxy) is 2. The van der Waals surface area contributed by atoms with Gasteiger partial charge in [-0.1, -0.05) is 33.8 Å². The lowest BCUT2D eigenvalue weighted by molar-refractivity contribution is 0.268. The van der Waals surface area contributed by atoms with E-state index in [0.717, 1.165) is 29.9 Å². The molecule has 0 amide bonds. The van der Waals surface area contributed by atoms with Gasteiger partial charge in [0.05, 0.1) is 18.6 Å².